The van der Waals surface area contributed by atoms with Gasteiger partial charge in [-0.1, -0.05) is 84.7 Å². The molecule has 0 heterocycles. The van der Waals surface area contributed by atoms with Gasteiger partial charge in [0.25, 0.3) is 0 Å². The van der Waals surface area contributed by atoms with Crippen molar-refractivity contribution in [2.75, 3.05) is 19.8 Å². The lowest BCUT2D eigenvalue weighted by Crippen LogP contribution is -2.16. The summed E-state index contributed by atoms with van der Waals surface area (Å²) in [5.74, 6) is 1.62. The highest BCUT2D eigenvalue weighted by molar-refractivity contribution is 6.37. The lowest BCUT2D eigenvalue weighted by molar-refractivity contribution is 0.217. The zero-order valence-corrected chi connectivity index (χ0v) is 25.3. The molecule has 2 atom stereocenters. The lowest BCUT2D eigenvalue weighted by atomic mass is 9.85. The van der Waals surface area contributed by atoms with Crippen LogP contribution in [0.5, 0.6) is 11.5 Å². The Morgan fingerprint density at radius 1 is 0.854 bits per heavy atom. The van der Waals surface area contributed by atoms with Crippen molar-refractivity contribution in [3.05, 3.63) is 117 Å². The van der Waals surface area contributed by atoms with Gasteiger partial charge in [0, 0.05) is 12.3 Å². The van der Waals surface area contributed by atoms with E-state index in [-0.39, 0.29) is 11.8 Å². The molecule has 212 valence electrons. The number of nitrogens with two attached hydrogens (primary N) is 1. The van der Waals surface area contributed by atoms with Crippen LogP contribution in [0.3, 0.4) is 0 Å². The molecule has 0 aliphatic heterocycles. The minimum atomic E-state index is 0.178. The highest BCUT2D eigenvalue weighted by Gasteiger charge is 2.16. The maximum atomic E-state index is 9.19. The van der Waals surface area contributed by atoms with E-state index in [1.54, 1.807) is 0 Å². The second-order valence-electron chi connectivity index (χ2n) is 10.5. The highest BCUT2D eigenvalue weighted by atomic mass is 35.5. The zero-order valence-electron chi connectivity index (χ0n) is 23.8. The molecule has 4 nitrogen and oxygen atoms in total. The molecular weight excluding hydrogens is 551 g/mol. The van der Waals surface area contributed by atoms with E-state index < -0.39 is 0 Å². The number of nitrogens with zero attached hydrogens (tertiary/aromatic N) is 1. The Bertz CT molecular complexity index is 1490. The van der Waals surface area contributed by atoms with Gasteiger partial charge in [0.15, 0.2) is 5.75 Å². The fourth-order valence-electron chi connectivity index (χ4n) is 5.19. The topological polar surface area (TPSA) is 68.3 Å². The lowest BCUT2D eigenvalue weighted by Gasteiger charge is -2.20. The third kappa shape index (κ3) is 7.83. The first-order valence-electron chi connectivity index (χ1n) is 13.9. The van der Waals surface area contributed by atoms with Crippen molar-refractivity contribution in [3.63, 3.8) is 0 Å². The van der Waals surface area contributed by atoms with Crippen molar-refractivity contribution in [2.24, 2.45) is 5.73 Å². The van der Waals surface area contributed by atoms with Gasteiger partial charge in [0.05, 0.1) is 16.1 Å². The van der Waals surface area contributed by atoms with Crippen LogP contribution in [0, 0.1) is 25.2 Å². The van der Waals surface area contributed by atoms with Crippen LogP contribution in [0.25, 0.3) is 11.1 Å². The molecule has 0 fully saturated rings. The second-order valence-corrected chi connectivity index (χ2v) is 11.3. The van der Waals surface area contributed by atoms with Gasteiger partial charge in [-0.2, -0.15) is 5.26 Å². The Kier molecular flexibility index (Phi) is 10.7. The maximum absolute atomic E-state index is 9.19. The van der Waals surface area contributed by atoms with Gasteiger partial charge in [0.2, 0.25) is 0 Å². The van der Waals surface area contributed by atoms with Crippen LogP contribution in [0.4, 0.5) is 0 Å². The number of halogens is 2. The third-order valence-corrected chi connectivity index (χ3v) is 7.90. The van der Waals surface area contributed by atoms with Gasteiger partial charge >= 0.3 is 0 Å². The van der Waals surface area contributed by atoms with Crippen molar-refractivity contribution < 1.29 is 9.47 Å². The van der Waals surface area contributed by atoms with Crippen molar-refractivity contribution >= 4 is 23.2 Å². The Balaban J connectivity index is 1.37. The van der Waals surface area contributed by atoms with E-state index >= 15 is 0 Å². The largest absolute Gasteiger partial charge is 0.490 e. The minimum Gasteiger partial charge on any atom is -0.490 e. The van der Waals surface area contributed by atoms with E-state index in [9.17, 15) is 5.26 Å². The number of ether oxygens (including phenoxy) is 2. The van der Waals surface area contributed by atoms with Crippen molar-refractivity contribution in [3.8, 4) is 28.7 Å². The van der Waals surface area contributed by atoms with E-state index in [1.807, 2.05) is 37.3 Å². The van der Waals surface area contributed by atoms with Crippen LogP contribution in [0.1, 0.15) is 53.0 Å². The van der Waals surface area contributed by atoms with Crippen LogP contribution < -0.4 is 15.2 Å². The number of aryl methyl sites for hydroxylation is 2. The SMILES string of the molecule is Cc1cc(Cl)c(OCCOc2ccc(CC(CN)c3ccc(-c4ccccc4C(C)CC#N)cc3C)cc2)c(Cl)c1. The summed E-state index contributed by atoms with van der Waals surface area (Å²) >= 11 is 12.5. The Hall–Kier alpha value is -3.49. The molecule has 0 amide bonds. The van der Waals surface area contributed by atoms with Gasteiger partial charge in [-0.25, -0.2) is 0 Å². The third-order valence-electron chi connectivity index (χ3n) is 7.34. The Morgan fingerprint density at radius 2 is 1.54 bits per heavy atom. The molecule has 2 N–H and O–H groups in total. The summed E-state index contributed by atoms with van der Waals surface area (Å²) in [4.78, 5) is 0. The molecule has 0 aliphatic rings. The van der Waals surface area contributed by atoms with E-state index in [1.165, 1.54) is 33.4 Å². The summed E-state index contributed by atoms with van der Waals surface area (Å²) in [7, 11) is 0. The molecule has 0 aromatic heterocycles. The predicted molar refractivity (Wildman–Crippen MR) is 169 cm³/mol. The summed E-state index contributed by atoms with van der Waals surface area (Å²) in [6.07, 6.45) is 1.33. The first-order chi connectivity index (χ1) is 19.8. The molecular formula is C35H36Cl2N2O2. The van der Waals surface area contributed by atoms with Gasteiger partial charge < -0.3 is 15.2 Å². The van der Waals surface area contributed by atoms with Crippen LogP contribution in [-0.2, 0) is 6.42 Å². The molecule has 6 heteroatoms. The van der Waals surface area contributed by atoms with E-state index in [2.05, 4.69) is 68.4 Å². The molecule has 4 aromatic carbocycles. The van der Waals surface area contributed by atoms with Crippen LogP contribution in [0.15, 0.2) is 78.9 Å². The second kappa shape index (κ2) is 14.4. The van der Waals surface area contributed by atoms with Gasteiger partial charge in [0.1, 0.15) is 19.0 Å². The number of hydrogen-bond acceptors (Lipinski definition) is 4. The minimum absolute atomic E-state index is 0.178. The monoisotopic (exact) mass is 586 g/mol. The van der Waals surface area contributed by atoms with Gasteiger partial charge in [-0.05, 0) is 95.9 Å². The molecule has 0 bridgehead atoms. The molecule has 4 rings (SSSR count). The molecule has 41 heavy (non-hydrogen) atoms. The van der Waals surface area contributed by atoms with Crippen LogP contribution >= 0.6 is 23.2 Å². The maximum Gasteiger partial charge on any atom is 0.156 e. The fourth-order valence-corrected chi connectivity index (χ4v) is 5.90. The standard InChI is InChI=1S/C35H36Cl2N2O2/c1-23-18-33(36)35(34(37)19-23)41-17-16-40-29-11-8-26(9-12-29)21-28(22-39)30-13-10-27(20-25(30)3)32-7-5-4-6-31(32)24(2)14-15-38/h4-13,18-20,24,28H,14,16-17,21-22,39H2,1-3H3. The van der Waals surface area contributed by atoms with Gasteiger partial charge in [-0.3, -0.25) is 0 Å². The van der Waals surface area contributed by atoms with Crippen molar-refractivity contribution in [1.82, 2.24) is 0 Å². The highest BCUT2D eigenvalue weighted by Crippen LogP contribution is 2.35. The molecule has 0 radical (unpaired) electrons. The summed E-state index contributed by atoms with van der Waals surface area (Å²) in [5.41, 5.74) is 14.5. The van der Waals surface area contributed by atoms with Crippen molar-refractivity contribution in [1.29, 1.82) is 5.26 Å². The summed E-state index contributed by atoms with van der Waals surface area (Å²) < 4.78 is 11.6. The van der Waals surface area contributed by atoms with E-state index in [4.69, 9.17) is 38.4 Å². The van der Waals surface area contributed by atoms with Crippen LogP contribution in [-0.4, -0.2) is 19.8 Å². The predicted octanol–water partition coefficient (Wildman–Crippen LogP) is 9.04. The molecule has 0 spiro atoms. The number of rotatable bonds is 12. The molecule has 2 unspecified atom stereocenters. The fraction of sp³-hybridized carbons (Fsp3) is 0.286. The molecule has 0 saturated heterocycles. The normalized spacial score (nSPS) is 12.4. The van der Waals surface area contributed by atoms with E-state index in [0.29, 0.717) is 42.0 Å². The summed E-state index contributed by atoms with van der Waals surface area (Å²) in [5, 5.41) is 10.2. The van der Waals surface area contributed by atoms with E-state index in [0.717, 1.165) is 17.7 Å². The van der Waals surface area contributed by atoms with Crippen LogP contribution in [0.2, 0.25) is 10.0 Å². The first-order valence-corrected chi connectivity index (χ1v) is 14.6. The quantitative estimate of drug-likeness (QED) is 0.168. The van der Waals surface area contributed by atoms with Gasteiger partial charge in [-0.15, -0.1) is 0 Å². The number of hydrogen-bond donors (Lipinski definition) is 1. The summed E-state index contributed by atoms with van der Waals surface area (Å²) in [6.45, 7) is 7.44. The zero-order chi connectivity index (χ0) is 29.4. The molecule has 0 aliphatic carbocycles. The molecule has 0 saturated carbocycles. The number of benzene rings is 4. The van der Waals surface area contributed by atoms with Crippen molar-refractivity contribution in [2.45, 2.75) is 45.4 Å². The number of nitriles is 1. The summed E-state index contributed by atoms with van der Waals surface area (Å²) in [6, 6.07) is 29.1. The first kappa shape index (κ1) is 30.5. The smallest absolute Gasteiger partial charge is 0.156 e. The average Bonchev–Trinajstić information content (AvgIpc) is 2.96. The Morgan fingerprint density at radius 3 is 2.20 bits per heavy atom. The molecule has 4 aromatic rings. The average molecular weight is 588 g/mol. The Labute approximate surface area is 253 Å².